The number of oxazole rings is 1. The lowest BCUT2D eigenvalue weighted by Gasteiger charge is -2.40. The van der Waals surface area contributed by atoms with Crippen LogP contribution in [-0.2, 0) is 6.42 Å². The second-order valence-electron chi connectivity index (χ2n) is 8.72. The van der Waals surface area contributed by atoms with Gasteiger partial charge in [-0.2, -0.15) is 0 Å². The molecular weight excluding hydrogens is 437 g/mol. The number of likely N-dealkylation sites (tertiary alicyclic amines) is 1. The molecular formula is C26H26FN3O2S. The van der Waals surface area contributed by atoms with Crippen LogP contribution in [0.25, 0.3) is 21.5 Å². The van der Waals surface area contributed by atoms with Gasteiger partial charge in [0.15, 0.2) is 11.5 Å². The van der Waals surface area contributed by atoms with Crippen LogP contribution >= 0.6 is 11.3 Å². The van der Waals surface area contributed by atoms with Crippen LogP contribution in [0.2, 0.25) is 0 Å². The topological polar surface area (TPSA) is 59.2 Å². The van der Waals surface area contributed by atoms with E-state index in [1.54, 1.807) is 12.1 Å². The standard InChI is InChI=1S/C26H26FN3O2S/c1-16-6-5-15-30(21(16)13-14-23-29-20-7-3-4-8-22(20)32-23)26(31)24-25(33-17(2)28-24)18-9-11-19(27)12-10-18/h3-4,7-12,16,21H,5-6,13-15H2,1-2H3/t16-,21-/m1/s1. The molecule has 33 heavy (non-hydrogen) atoms. The van der Waals surface area contributed by atoms with Gasteiger partial charge in [0.25, 0.3) is 5.91 Å². The van der Waals surface area contributed by atoms with Gasteiger partial charge in [-0.25, -0.2) is 14.4 Å². The minimum Gasteiger partial charge on any atom is -0.441 e. The van der Waals surface area contributed by atoms with Gasteiger partial charge in [0.2, 0.25) is 0 Å². The maximum atomic E-state index is 13.7. The van der Waals surface area contributed by atoms with E-state index in [1.807, 2.05) is 36.1 Å². The number of fused-ring (bicyclic) bond motifs is 1. The molecule has 0 radical (unpaired) electrons. The number of nitrogens with zero attached hydrogens (tertiary/aromatic N) is 3. The first-order valence-electron chi connectivity index (χ1n) is 11.4. The fourth-order valence-corrected chi connectivity index (χ4v) is 5.66. The Morgan fingerprint density at radius 1 is 1.18 bits per heavy atom. The highest BCUT2D eigenvalue weighted by Gasteiger charge is 2.34. The zero-order chi connectivity index (χ0) is 22.9. The molecule has 1 saturated heterocycles. The third-order valence-electron chi connectivity index (χ3n) is 6.41. The molecule has 7 heteroatoms. The highest BCUT2D eigenvalue weighted by molar-refractivity contribution is 7.15. The van der Waals surface area contributed by atoms with E-state index in [-0.39, 0.29) is 17.8 Å². The average Bonchev–Trinajstić information content (AvgIpc) is 3.41. The van der Waals surface area contributed by atoms with Gasteiger partial charge in [0.05, 0.1) is 9.88 Å². The summed E-state index contributed by atoms with van der Waals surface area (Å²) >= 11 is 1.47. The normalized spacial score (nSPS) is 18.7. The molecule has 2 atom stereocenters. The molecule has 5 nitrogen and oxygen atoms in total. The second-order valence-corrected chi connectivity index (χ2v) is 9.92. The van der Waals surface area contributed by atoms with Crippen molar-refractivity contribution in [3.05, 3.63) is 70.9 Å². The molecule has 1 aliphatic heterocycles. The first-order chi connectivity index (χ1) is 16.0. The van der Waals surface area contributed by atoms with Crippen molar-refractivity contribution in [3.63, 3.8) is 0 Å². The Bertz CT molecular complexity index is 1250. The van der Waals surface area contributed by atoms with Crippen LogP contribution in [0.3, 0.4) is 0 Å². The zero-order valence-corrected chi connectivity index (χ0v) is 19.6. The van der Waals surface area contributed by atoms with E-state index >= 15 is 0 Å². The Morgan fingerprint density at radius 2 is 1.97 bits per heavy atom. The predicted molar refractivity (Wildman–Crippen MR) is 128 cm³/mol. The molecule has 0 spiro atoms. The fraction of sp³-hybridized carbons (Fsp3) is 0.346. The molecule has 0 bridgehead atoms. The average molecular weight is 464 g/mol. The van der Waals surface area contributed by atoms with Crippen LogP contribution in [0.1, 0.15) is 47.6 Å². The number of benzene rings is 2. The van der Waals surface area contributed by atoms with E-state index in [0.717, 1.165) is 45.8 Å². The molecule has 1 fully saturated rings. The first-order valence-corrected chi connectivity index (χ1v) is 12.2. The van der Waals surface area contributed by atoms with E-state index in [1.165, 1.54) is 23.5 Å². The number of thiazole rings is 1. The molecule has 0 aliphatic carbocycles. The quantitative estimate of drug-likeness (QED) is 0.350. The number of rotatable bonds is 5. The summed E-state index contributed by atoms with van der Waals surface area (Å²) in [5, 5.41) is 0.825. The molecule has 170 valence electrons. The van der Waals surface area contributed by atoms with Crippen LogP contribution in [0, 0.1) is 18.7 Å². The van der Waals surface area contributed by atoms with Crippen molar-refractivity contribution in [2.75, 3.05) is 6.54 Å². The van der Waals surface area contributed by atoms with Crippen LogP contribution in [0.4, 0.5) is 4.39 Å². The monoisotopic (exact) mass is 463 g/mol. The van der Waals surface area contributed by atoms with Crippen molar-refractivity contribution in [2.24, 2.45) is 5.92 Å². The van der Waals surface area contributed by atoms with Crippen molar-refractivity contribution in [1.82, 2.24) is 14.9 Å². The number of hydrogen-bond acceptors (Lipinski definition) is 5. The Kier molecular flexibility index (Phi) is 5.98. The Hall–Kier alpha value is -3.06. The maximum absolute atomic E-state index is 13.7. The van der Waals surface area contributed by atoms with Crippen molar-refractivity contribution >= 4 is 28.3 Å². The number of amides is 1. The Balaban J connectivity index is 1.39. The summed E-state index contributed by atoms with van der Waals surface area (Å²) in [6.45, 7) is 4.82. The van der Waals surface area contributed by atoms with Crippen molar-refractivity contribution in [2.45, 2.75) is 45.6 Å². The van der Waals surface area contributed by atoms with Crippen molar-refractivity contribution in [1.29, 1.82) is 0 Å². The van der Waals surface area contributed by atoms with Crippen LogP contribution in [0.15, 0.2) is 52.9 Å². The van der Waals surface area contributed by atoms with Gasteiger partial charge in [-0.05, 0) is 61.9 Å². The van der Waals surface area contributed by atoms with Gasteiger partial charge >= 0.3 is 0 Å². The molecule has 2 aromatic carbocycles. The number of carbonyl (C=O) groups excluding carboxylic acids is 1. The molecule has 2 aromatic heterocycles. The first kappa shape index (κ1) is 21.8. The van der Waals surface area contributed by atoms with Gasteiger partial charge in [-0.3, -0.25) is 4.79 Å². The molecule has 1 aliphatic rings. The van der Waals surface area contributed by atoms with Crippen molar-refractivity contribution in [3.8, 4) is 10.4 Å². The molecule has 0 unspecified atom stereocenters. The minimum atomic E-state index is -0.294. The number of carbonyl (C=O) groups is 1. The summed E-state index contributed by atoms with van der Waals surface area (Å²) in [4.78, 5) is 25.7. The number of aryl methyl sites for hydroxylation is 2. The van der Waals surface area contributed by atoms with Crippen LogP contribution in [0.5, 0.6) is 0 Å². The predicted octanol–water partition coefficient (Wildman–Crippen LogP) is 6.27. The highest BCUT2D eigenvalue weighted by Crippen LogP contribution is 2.34. The Labute approximate surface area is 196 Å². The van der Waals surface area contributed by atoms with Crippen LogP contribution in [-0.4, -0.2) is 33.4 Å². The zero-order valence-electron chi connectivity index (χ0n) is 18.8. The molecule has 0 saturated carbocycles. The maximum Gasteiger partial charge on any atom is 0.274 e. The number of piperidine rings is 1. The van der Waals surface area contributed by atoms with Gasteiger partial charge in [-0.1, -0.05) is 31.2 Å². The summed E-state index contributed by atoms with van der Waals surface area (Å²) in [5.74, 6) is 0.740. The second kappa shape index (κ2) is 9.06. The number of hydrogen-bond donors (Lipinski definition) is 0. The highest BCUT2D eigenvalue weighted by atomic mass is 32.1. The number of para-hydroxylation sites is 2. The smallest absolute Gasteiger partial charge is 0.274 e. The largest absolute Gasteiger partial charge is 0.441 e. The molecule has 3 heterocycles. The SMILES string of the molecule is Cc1nc(C(=O)N2CCC[C@@H](C)[C@H]2CCc2nc3ccccc3o2)c(-c2ccc(F)cc2)s1. The summed E-state index contributed by atoms with van der Waals surface area (Å²) in [5.41, 5.74) is 2.93. The van der Waals surface area contributed by atoms with E-state index in [0.29, 0.717) is 30.5 Å². The summed E-state index contributed by atoms with van der Waals surface area (Å²) in [6, 6.07) is 14.1. The molecule has 5 rings (SSSR count). The Morgan fingerprint density at radius 3 is 2.76 bits per heavy atom. The fourth-order valence-electron chi connectivity index (χ4n) is 4.74. The molecule has 1 amide bonds. The summed E-state index contributed by atoms with van der Waals surface area (Å²) in [6.07, 6.45) is 3.52. The summed E-state index contributed by atoms with van der Waals surface area (Å²) in [7, 11) is 0. The number of halogens is 1. The number of aromatic nitrogens is 2. The van der Waals surface area contributed by atoms with E-state index < -0.39 is 0 Å². The third kappa shape index (κ3) is 4.42. The van der Waals surface area contributed by atoms with Gasteiger partial charge in [-0.15, -0.1) is 11.3 Å². The summed E-state index contributed by atoms with van der Waals surface area (Å²) < 4.78 is 19.4. The van der Waals surface area contributed by atoms with Gasteiger partial charge in [0.1, 0.15) is 17.0 Å². The minimum absolute atomic E-state index is 0.0483. The lowest BCUT2D eigenvalue weighted by atomic mass is 9.87. The van der Waals surface area contributed by atoms with Crippen LogP contribution < -0.4 is 0 Å². The molecule has 0 N–H and O–H groups in total. The third-order valence-corrected chi connectivity index (χ3v) is 7.43. The van der Waals surface area contributed by atoms with E-state index in [9.17, 15) is 9.18 Å². The lowest BCUT2D eigenvalue weighted by molar-refractivity contribution is 0.0491. The van der Waals surface area contributed by atoms with E-state index in [4.69, 9.17) is 4.42 Å². The molecule has 4 aromatic rings. The van der Waals surface area contributed by atoms with Crippen molar-refractivity contribution < 1.29 is 13.6 Å². The lowest BCUT2D eigenvalue weighted by Crippen LogP contribution is -2.48. The van der Waals surface area contributed by atoms with Gasteiger partial charge in [0, 0.05) is 19.0 Å². The van der Waals surface area contributed by atoms with E-state index in [2.05, 4.69) is 16.9 Å². The van der Waals surface area contributed by atoms with Gasteiger partial charge < -0.3 is 9.32 Å².